The summed E-state index contributed by atoms with van der Waals surface area (Å²) in [6.45, 7) is 1.80. The van der Waals surface area contributed by atoms with Gasteiger partial charge in [0.05, 0.1) is 11.3 Å². The lowest BCUT2D eigenvalue weighted by Gasteiger charge is -2.07. The summed E-state index contributed by atoms with van der Waals surface area (Å²) in [7, 11) is 0. The average molecular weight is 316 g/mol. The molecule has 0 aliphatic rings. The van der Waals surface area contributed by atoms with E-state index in [2.05, 4.69) is 5.16 Å². The number of nitrogens with zero attached hydrogens (tertiary/aromatic N) is 1. The molecule has 1 aromatic heterocycles. The van der Waals surface area contributed by atoms with Gasteiger partial charge in [0.2, 0.25) is 0 Å². The minimum atomic E-state index is -2.26. The van der Waals surface area contributed by atoms with Gasteiger partial charge in [-0.15, -0.1) is 0 Å². The van der Waals surface area contributed by atoms with E-state index >= 15 is 0 Å². The average Bonchev–Trinajstić information content (AvgIpc) is 2.90. The van der Waals surface area contributed by atoms with Gasteiger partial charge in [0, 0.05) is 10.5 Å². The summed E-state index contributed by atoms with van der Waals surface area (Å²) in [6.07, 6.45) is 0. The number of aryl methyl sites for hydroxylation is 1. The van der Waals surface area contributed by atoms with Crippen LogP contribution in [0.1, 0.15) is 5.69 Å². The summed E-state index contributed by atoms with van der Waals surface area (Å²) < 4.78 is 40.2. The van der Waals surface area contributed by atoms with E-state index in [-0.39, 0.29) is 10.7 Å². The van der Waals surface area contributed by atoms with Gasteiger partial charge >= 0.3 is 0 Å². The van der Waals surface area contributed by atoms with Gasteiger partial charge in [-0.3, -0.25) is 4.21 Å². The van der Waals surface area contributed by atoms with Crippen molar-refractivity contribution >= 4 is 11.1 Å². The van der Waals surface area contributed by atoms with Crippen LogP contribution < -0.4 is 0 Å². The van der Waals surface area contributed by atoms with Crippen LogP contribution >= 0.6 is 0 Å². The molecule has 2 aromatic carbocycles. The Morgan fingerprint density at radius 2 is 1.64 bits per heavy atom. The maximum absolute atomic E-state index is 13.0. The zero-order valence-electron chi connectivity index (χ0n) is 11.6. The predicted molar refractivity (Wildman–Crippen MR) is 79.3 cm³/mol. The van der Waals surface area contributed by atoms with E-state index < -0.39 is 11.1 Å². The summed E-state index contributed by atoms with van der Waals surface area (Å²) in [5.41, 5.74) is 2.92. The first kappa shape index (κ1) is 14.6. The monoisotopic (exact) mass is 316 g/mol. The quantitative estimate of drug-likeness (QED) is 0.691. The second-order valence-electron chi connectivity index (χ2n) is 4.74. The van der Waals surface area contributed by atoms with Crippen molar-refractivity contribution in [2.24, 2.45) is 0 Å². The van der Waals surface area contributed by atoms with E-state index in [0.29, 0.717) is 17.0 Å². The summed E-state index contributed by atoms with van der Waals surface area (Å²) in [6, 6.07) is 12.3. The highest BCUT2D eigenvalue weighted by Crippen LogP contribution is 2.35. The summed E-state index contributed by atoms with van der Waals surface area (Å²) in [5, 5.41) is 3.96. The maximum Gasteiger partial charge on any atom is 0.174 e. The minimum Gasteiger partial charge on any atom is -0.768 e. The zero-order chi connectivity index (χ0) is 15.7. The number of rotatable bonds is 3. The Labute approximate surface area is 128 Å². The third-order valence-electron chi connectivity index (χ3n) is 3.30. The van der Waals surface area contributed by atoms with Crippen molar-refractivity contribution in [3.63, 3.8) is 0 Å². The predicted octanol–water partition coefficient (Wildman–Crippen LogP) is 3.69. The van der Waals surface area contributed by atoms with Crippen LogP contribution in [0.3, 0.4) is 0 Å². The van der Waals surface area contributed by atoms with Crippen molar-refractivity contribution in [2.75, 3.05) is 0 Å². The fourth-order valence-corrected chi connectivity index (χ4v) is 2.60. The van der Waals surface area contributed by atoms with E-state index in [1.54, 1.807) is 31.2 Å². The number of hydrogen-bond donors (Lipinski definition) is 0. The van der Waals surface area contributed by atoms with Crippen molar-refractivity contribution in [2.45, 2.75) is 11.8 Å². The maximum atomic E-state index is 13.0. The standard InChI is InChI=1S/C16H12FNO3S/c1-10-15(11-4-8-14(9-5-11)22(19)20)16(21-18-10)12-2-6-13(17)7-3-12/h2-9H,1H3,(H,19,20)/p-1. The second-order valence-corrected chi connectivity index (χ2v) is 5.68. The molecule has 1 heterocycles. The molecule has 0 saturated carbocycles. The summed E-state index contributed by atoms with van der Waals surface area (Å²) in [5.74, 6) is 0.192. The fourth-order valence-electron chi connectivity index (χ4n) is 2.24. The molecular weight excluding hydrogens is 305 g/mol. The van der Waals surface area contributed by atoms with E-state index in [1.807, 2.05) is 0 Å². The Hall–Kier alpha value is -2.31. The fraction of sp³-hybridized carbons (Fsp3) is 0.0625. The molecule has 0 spiro atoms. The molecule has 1 atom stereocenters. The van der Waals surface area contributed by atoms with Gasteiger partial charge in [0.1, 0.15) is 5.82 Å². The van der Waals surface area contributed by atoms with Crippen LogP contribution in [0.5, 0.6) is 0 Å². The molecule has 0 saturated heterocycles. The molecule has 22 heavy (non-hydrogen) atoms. The third kappa shape index (κ3) is 2.70. The van der Waals surface area contributed by atoms with Gasteiger partial charge in [0.25, 0.3) is 0 Å². The molecule has 0 N–H and O–H groups in total. The summed E-state index contributed by atoms with van der Waals surface area (Å²) >= 11 is -2.26. The van der Waals surface area contributed by atoms with Crippen LogP contribution in [0, 0.1) is 12.7 Å². The number of hydrogen-bond acceptors (Lipinski definition) is 4. The zero-order valence-corrected chi connectivity index (χ0v) is 12.4. The Morgan fingerprint density at radius 3 is 2.23 bits per heavy atom. The van der Waals surface area contributed by atoms with Gasteiger partial charge in [-0.1, -0.05) is 17.3 Å². The number of aromatic nitrogens is 1. The third-order valence-corrected chi connectivity index (χ3v) is 3.96. The van der Waals surface area contributed by atoms with Gasteiger partial charge in [-0.2, -0.15) is 0 Å². The van der Waals surface area contributed by atoms with Crippen LogP contribution in [-0.4, -0.2) is 13.9 Å². The molecule has 112 valence electrons. The van der Waals surface area contributed by atoms with Crippen molar-refractivity contribution in [1.29, 1.82) is 0 Å². The number of halogens is 1. The molecule has 3 aromatic rings. The molecule has 0 amide bonds. The normalized spacial score (nSPS) is 12.3. The first-order chi connectivity index (χ1) is 10.6. The van der Waals surface area contributed by atoms with Crippen molar-refractivity contribution in [3.8, 4) is 22.5 Å². The van der Waals surface area contributed by atoms with Crippen molar-refractivity contribution in [3.05, 3.63) is 60.0 Å². The Kier molecular flexibility index (Phi) is 3.87. The first-order valence-electron chi connectivity index (χ1n) is 6.48. The Balaban J connectivity index is 2.09. The minimum absolute atomic E-state index is 0.209. The lowest BCUT2D eigenvalue weighted by Crippen LogP contribution is -1.89. The SMILES string of the molecule is Cc1noc(-c2ccc(F)cc2)c1-c1ccc(S(=O)[O-])cc1. The van der Waals surface area contributed by atoms with Crippen LogP contribution in [0.25, 0.3) is 22.5 Å². The van der Waals surface area contributed by atoms with Crippen LogP contribution in [0.2, 0.25) is 0 Å². The number of benzene rings is 2. The molecule has 0 radical (unpaired) electrons. The lowest BCUT2D eigenvalue weighted by molar-refractivity contribution is 0.427. The molecular formula is C16H11FNO3S-. The van der Waals surface area contributed by atoms with E-state index in [0.717, 1.165) is 11.1 Å². The highest BCUT2D eigenvalue weighted by atomic mass is 32.2. The van der Waals surface area contributed by atoms with E-state index in [4.69, 9.17) is 4.52 Å². The smallest absolute Gasteiger partial charge is 0.174 e. The lowest BCUT2D eigenvalue weighted by atomic mass is 10.00. The second kappa shape index (κ2) is 5.82. The topological polar surface area (TPSA) is 66.2 Å². The highest BCUT2D eigenvalue weighted by Gasteiger charge is 2.16. The van der Waals surface area contributed by atoms with Gasteiger partial charge in [-0.25, -0.2) is 4.39 Å². The molecule has 0 fully saturated rings. The molecule has 6 heteroatoms. The molecule has 0 aliphatic heterocycles. The first-order valence-corrected chi connectivity index (χ1v) is 7.55. The van der Waals surface area contributed by atoms with Gasteiger partial charge < -0.3 is 9.08 Å². The molecule has 0 aliphatic carbocycles. The van der Waals surface area contributed by atoms with Gasteiger partial charge in [-0.05, 0) is 60.0 Å². The van der Waals surface area contributed by atoms with Crippen LogP contribution in [-0.2, 0) is 11.1 Å². The molecule has 1 unspecified atom stereocenters. The Morgan fingerprint density at radius 1 is 1.05 bits per heavy atom. The van der Waals surface area contributed by atoms with Crippen molar-refractivity contribution in [1.82, 2.24) is 5.16 Å². The van der Waals surface area contributed by atoms with E-state index in [1.165, 1.54) is 24.3 Å². The highest BCUT2D eigenvalue weighted by molar-refractivity contribution is 7.79. The van der Waals surface area contributed by atoms with Crippen LogP contribution in [0.15, 0.2) is 57.9 Å². The van der Waals surface area contributed by atoms with Crippen LogP contribution in [0.4, 0.5) is 4.39 Å². The van der Waals surface area contributed by atoms with E-state index in [9.17, 15) is 13.2 Å². The molecule has 0 bridgehead atoms. The summed E-state index contributed by atoms with van der Waals surface area (Å²) in [4.78, 5) is 0.209. The molecule has 4 nitrogen and oxygen atoms in total. The van der Waals surface area contributed by atoms with Gasteiger partial charge in [0.15, 0.2) is 5.76 Å². The Bertz CT molecular complexity index is 826. The molecule has 3 rings (SSSR count). The van der Waals surface area contributed by atoms with Crippen molar-refractivity contribution < 1.29 is 17.7 Å². The largest absolute Gasteiger partial charge is 0.768 e.